The molecule has 140 valence electrons. The summed E-state index contributed by atoms with van der Waals surface area (Å²) < 4.78 is 2.10. The number of hydrogen-bond donors (Lipinski definition) is 2. The first-order chi connectivity index (χ1) is 13.0. The van der Waals surface area contributed by atoms with Crippen molar-refractivity contribution in [2.75, 3.05) is 0 Å². The van der Waals surface area contributed by atoms with Crippen LogP contribution in [0, 0.1) is 20.8 Å². The number of nitrogens with one attached hydrogen (secondary N) is 1. The van der Waals surface area contributed by atoms with Gasteiger partial charge in [-0.2, -0.15) is 0 Å². The minimum Gasteiger partial charge on any atom is -0.478 e. The standard InChI is InChI=1S/C23H26N2O2/c1-16-9-11-20(12-10-16)15-25-17(2)21(22(18(25)3)23(26)27)14-24-13-19-7-5-4-6-8-19/h4-12,24H,13-15H2,1-3H3,(H,26,27). The van der Waals surface area contributed by atoms with Gasteiger partial charge in [0.15, 0.2) is 0 Å². The molecule has 0 unspecified atom stereocenters. The lowest BCUT2D eigenvalue weighted by Gasteiger charge is -2.11. The normalized spacial score (nSPS) is 10.9. The van der Waals surface area contributed by atoms with E-state index in [1.807, 2.05) is 32.0 Å². The molecule has 0 saturated carbocycles. The van der Waals surface area contributed by atoms with Crippen LogP contribution in [0.5, 0.6) is 0 Å². The molecule has 0 bridgehead atoms. The Balaban J connectivity index is 1.84. The fraction of sp³-hybridized carbons (Fsp3) is 0.261. The Morgan fingerprint density at radius 1 is 0.889 bits per heavy atom. The Morgan fingerprint density at radius 3 is 2.19 bits per heavy atom. The van der Waals surface area contributed by atoms with Gasteiger partial charge in [-0.05, 0) is 31.9 Å². The van der Waals surface area contributed by atoms with Gasteiger partial charge in [0.05, 0.1) is 5.56 Å². The largest absolute Gasteiger partial charge is 0.478 e. The van der Waals surface area contributed by atoms with Crippen molar-refractivity contribution in [3.63, 3.8) is 0 Å². The van der Waals surface area contributed by atoms with E-state index < -0.39 is 5.97 Å². The molecule has 0 amide bonds. The molecule has 0 radical (unpaired) electrons. The van der Waals surface area contributed by atoms with Crippen molar-refractivity contribution in [3.8, 4) is 0 Å². The first-order valence-corrected chi connectivity index (χ1v) is 9.19. The number of aromatic nitrogens is 1. The number of carboxylic acids is 1. The van der Waals surface area contributed by atoms with Crippen molar-refractivity contribution in [1.29, 1.82) is 0 Å². The van der Waals surface area contributed by atoms with Crippen molar-refractivity contribution in [2.24, 2.45) is 0 Å². The molecule has 0 atom stereocenters. The van der Waals surface area contributed by atoms with Gasteiger partial charge in [-0.15, -0.1) is 0 Å². The molecule has 27 heavy (non-hydrogen) atoms. The van der Waals surface area contributed by atoms with Crippen LogP contribution in [-0.2, 0) is 19.6 Å². The van der Waals surface area contributed by atoms with Crippen LogP contribution >= 0.6 is 0 Å². The lowest BCUT2D eigenvalue weighted by atomic mass is 10.1. The lowest BCUT2D eigenvalue weighted by molar-refractivity contribution is 0.0694. The molecule has 2 N–H and O–H groups in total. The zero-order valence-corrected chi connectivity index (χ0v) is 16.1. The number of carboxylic acid groups (broad SMARTS) is 1. The molecule has 3 rings (SSSR count). The third kappa shape index (κ3) is 4.29. The van der Waals surface area contributed by atoms with Gasteiger partial charge < -0.3 is 15.0 Å². The molecular formula is C23H26N2O2. The average molecular weight is 362 g/mol. The highest BCUT2D eigenvalue weighted by Gasteiger charge is 2.22. The summed E-state index contributed by atoms with van der Waals surface area (Å²) in [4.78, 5) is 11.9. The molecule has 1 heterocycles. The van der Waals surface area contributed by atoms with Crippen LogP contribution < -0.4 is 5.32 Å². The number of carbonyl (C=O) groups is 1. The van der Waals surface area contributed by atoms with Crippen molar-refractivity contribution < 1.29 is 9.90 Å². The van der Waals surface area contributed by atoms with Gasteiger partial charge >= 0.3 is 5.97 Å². The average Bonchev–Trinajstić information content (AvgIpc) is 2.89. The summed E-state index contributed by atoms with van der Waals surface area (Å²) in [6.45, 7) is 7.88. The topological polar surface area (TPSA) is 54.3 Å². The van der Waals surface area contributed by atoms with Crippen molar-refractivity contribution in [1.82, 2.24) is 9.88 Å². The van der Waals surface area contributed by atoms with Crippen molar-refractivity contribution in [2.45, 2.75) is 40.4 Å². The summed E-state index contributed by atoms with van der Waals surface area (Å²) in [7, 11) is 0. The summed E-state index contributed by atoms with van der Waals surface area (Å²) in [6, 6.07) is 18.5. The molecule has 0 spiro atoms. The number of aromatic carboxylic acids is 1. The zero-order valence-electron chi connectivity index (χ0n) is 16.1. The monoisotopic (exact) mass is 362 g/mol. The molecule has 4 heteroatoms. The molecule has 1 aromatic heterocycles. The second-order valence-electron chi connectivity index (χ2n) is 6.99. The van der Waals surface area contributed by atoms with Crippen LogP contribution in [0.2, 0.25) is 0 Å². The van der Waals surface area contributed by atoms with E-state index in [0.717, 1.165) is 17.0 Å². The van der Waals surface area contributed by atoms with Gasteiger partial charge in [-0.25, -0.2) is 4.79 Å². The van der Waals surface area contributed by atoms with E-state index in [0.29, 0.717) is 25.2 Å². The van der Waals surface area contributed by atoms with Gasteiger partial charge in [0.25, 0.3) is 0 Å². The molecule has 0 aliphatic heterocycles. The van der Waals surface area contributed by atoms with Gasteiger partial charge in [0.2, 0.25) is 0 Å². The summed E-state index contributed by atoms with van der Waals surface area (Å²) in [5, 5.41) is 13.2. The minimum atomic E-state index is -0.866. The molecule has 2 aromatic carbocycles. The molecule has 0 aliphatic rings. The number of hydrogen-bond acceptors (Lipinski definition) is 2. The summed E-state index contributed by atoms with van der Waals surface area (Å²) in [5.41, 5.74) is 6.66. The summed E-state index contributed by atoms with van der Waals surface area (Å²) in [6.07, 6.45) is 0. The third-order valence-corrected chi connectivity index (χ3v) is 5.06. The lowest BCUT2D eigenvalue weighted by Crippen LogP contribution is -2.15. The fourth-order valence-corrected chi connectivity index (χ4v) is 3.49. The Bertz CT molecular complexity index is 925. The smallest absolute Gasteiger partial charge is 0.337 e. The Labute approximate surface area is 160 Å². The maximum absolute atomic E-state index is 11.9. The summed E-state index contributed by atoms with van der Waals surface area (Å²) in [5.74, 6) is -0.866. The molecule has 0 aliphatic carbocycles. The number of benzene rings is 2. The Morgan fingerprint density at radius 2 is 1.56 bits per heavy atom. The van der Waals surface area contributed by atoms with E-state index in [4.69, 9.17) is 0 Å². The van der Waals surface area contributed by atoms with E-state index >= 15 is 0 Å². The second-order valence-corrected chi connectivity index (χ2v) is 6.99. The SMILES string of the molecule is Cc1ccc(Cn2c(C)c(CNCc3ccccc3)c(C(=O)O)c2C)cc1. The minimum absolute atomic E-state index is 0.417. The van der Waals surface area contributed by atoms with Crippen LogP contribution in [-0.4, -0.2) is 15.6 Å². The van der Waals surface area contributed by atoms with Gasteiger partial charge in [0.1, 0.15) is 0 Å². The predicted octanol–water partition coefficient (Wildman–Crippen LogP) is 4.45. The first kappa shape index (κ1) is 18.9. The van der Waals surface area contributed by atoms with Crippen LogP contribution in [0.25, 0.3) is 0 Å². The van der Waals surface area contributed by atoms with E-state index in [9.17, 15) is 9.90 Å². The van der Waals surface area contributed by atoms with Crippen LogP contribution in [0.1, 0.15) is 44.0 Å². The Hall–Kier alpha value is -2.85. The van der Waals surface area contributed by atoms with Crippen molar-refractivity contribution in [3.05, 3.63) is 93.8 Å². The quantitative estimate of drug-likeness (QED) is 0.653. The second kappa shape index (κ2) is 8.23. The molecule has 0 fully saturated rings. The van der Waals surface area contributed by atoms with E-state index in [1.165, 1.54) is 16.7 Å². The number of nitrogens with zero attached hydrogens (tertiary/aromatic N) is 1. The van der Waals surface area contributed by atoms with Crippen molar-refractivity contribution >= 4 is 5.97 Å². The highest BCUT2D eigenvalue weighted by atomic mass is 16.4. The van der Waals surface area contributed by atoms with Crippen LogP contribution in [0.4, 0.5) is 0 Å². The van der Waals surface area contributed by atoms with E-state index in [2.05, 4.69) is 53.2 Å². The number of rotatable bonds is 7. The van der Waals surface area contributed by atoms with Gasteiger partial charge in [-0.3, -0.25) is 0 Å². The predicted molar refractivity (Wildman–Crippen MR) is 108 cm³/mol. The third-order valence-electron chi connectivity index (χ3n) is 5.06. The summed E-state index contributed by atoms with van der Waals surface area (Å²) >= 11 is 0. The van der Waals surface area contributed by atoms with E-state index in [-0.39, 0.29) is 0 Å². The maximum Gasteiger partial charge on any atom is 0.337 e. The van der Waals surface area contributed by atoms with E-state index in [1.54, 1.807) is 0 Å². The Kier molecular flexibility index (Phi) is 5.77. The highest BCUT2D eigenvalue weighted by Crippen LogP contribution is 2.24. The molecule has 4 nitrogen and oxygen atoms in total. The molecular weight excluding hydrogens is 336 g/mol. The van der Waals surface area contributed by atoms with Crippen LogP contribution in [0.15, 0.2) is 54.6 Å². The molecule has 0 saturated heterocycles. The van der Waals surface area contributed by atoms with Gasteiger partial charge in [0, 0.05) is 36.6 Å². The highest BCUT2D eigenvalue weighted by molar-refractivity contribution is 5.91. The molecule has 3 aromatic rings. The first-order valence-electron chi connectivity index (χ1n) is 9.19. The van der Waals surface area contributed by atoms with Gasteiger partial charge in [-0.1, -0.05) is 60.2 Å². The number of aryl methyl sites for hydroxylation is 1. The fourth-order valence-electron chi connectivity index (χ4n) is 3.49. The zero-order chi connectivity index (χ0) is 19.4. The maximum atomic E-state index is 11.9. The van der Waals surface area contributed by atoms with Crippen LogP contribution in [0.3, 0.4) is 0 Å².